The number of fused-ring (bicyclic) bond motifs is 7. The summed E-state index contributed by atoms with van der Waals surface area (Å²) in [5.74, 6) is -3.04. The first-order valence-electron chi connectivity index (χ1n) is 18.2. The molecule has 1 N–H and O–H groups in total. The van der Waals surface area contributed by atoms with Gasteiger partial charge in [0.2, 0.25) is 0 Å². The number of carbonyl (C=O) groups is 4. The lowest BCUT2D eigenvalue weighted by molar-refractivity contribution is -0.224. The lowest BCUT2D eigenvalue weighted by Gasteiger charge is -2.70. The zero-order valence-electron chi connectivity index (χ0n) is 31.2. The molecule has 11 heteroatoms. The lowest BCUT2D eigenvalue weighted by atomic mass is 9.33. The highest BCUT2D eigenvalue weighted by Gasteiger charge is 2.72. The van der Waals surface area contributed by atoms with E-state index >= 15 is 0 Å². The number of likely N-dealkylation sites (N-methyl/N-ethyl adjacent to an activating group) is 1. The van der Waals surface area contributed by atoms with E-state index in [0.717, 1.165) is 24.8 Å². The lowest BCUT2D eigenvalue weighted by Crippen LogP contribution is -2.68. The molecule has 11 nitrogen and oxygen atoms in total. The van der Waals surface area contributed by atoms with Gasteiger partial charge in [-0.2, -0.15) is 0 Å². The number of hydrogen-bond donors (Lipinski definition) is 1. The van der Waals surface area contributed by atoms with Crippen molar-refractivity contribution in [1.29, 1.82) is 0 Å². The summed E-state index contributed by atoms with van der Waals surface area (Å²) in [6.07, 6.45) is 7.20. The molecule has 0 unspecified atom stereocenters. The van der Waals surface area contributed by atoms with Crippen molar-refractivity contribution >= 4 is 23.7 Å². The van der Waals surface area contributed by atoms with Gasteiger partial charge in [-0.3, -0.25) is 24.1 Å². The Balaban J connectivity index is 1.39. The largest absolute Gasteiger partial charge is 0.519 e. The fourth-order valence-corrected chi connectivity index (χ4v) is 11.7. The quantitative estimate of drug-likeness (QED) is 0.329. The average molecular weight is 698 g/mol. The summed E-state index contributed by atoms with van der Waals surface area (Å²) < 4.78 is 22.0. The molecule has 276 valence electrons. The molecule has 5 aliphatic rings. The van der Waals surface area contributed by atoms with Gasteiger partial charge < -0.3 is 23.4 Å². The Bertz CT molecular complexity index is 1690. The third-order valence-corrected chi connectivity index (χ3v) is 15.0. The zero-order chi connectivity index (χ0) is 36.8. The zero-order valence-corrected chi connectivity index (χ0v) is 31.2. The molecule has 50 heavy (non-hydrogen) atoms. The van der Waals surface area contributed by atoms with E-state index in [-0.39, 0.29) is 53.1 Å². The molecule has 4 saturated carbocycles. The van der Waals surface area contributed by atoms with Gasteiger partial charge in [-0.15, -0.1) is 0 Å². The molecule has 0 aliphatic heterocycles. The second-order valence-electron chi connectivity index (χ2n) is 18.1. The van der Waals surface area contributed by atoms with Gasteiger partial charge in [-0.05, 0) is 132 Å². The van der Waals surface area contributed by atoms with Gasteiger partial charge in [0.05, 0.1) is 12.0 Å². The predicted molar refractivity (Wildman–Crippen MR) is 182 cm³/mol. The Labute approximate surface area is 294 Å². The molecule has 0 saturated heterocycles. The molecule has 1 heterocycles. The summed E-state index contributed by atoms with van der Waals surface area (Å²) in [7, 11) is 3.55. The van der Waals surface area contributed by atoms with Crippen LogP contribution in [0.15, 0.2) is 25.3 Å². The smallest absolute Gasteiger partial charge is 0.481 e. The van der Waals surface area contributed by atoms with E-state index in [2.05, 4.69) is 27.7 Å². The van der Waals surface area contributed by atoms with E-state index in [1.54, 1.807) is 25.9 Å². The van der Waals surface area contributed by atoms with Gasteiger partial charge in [0.25, 0.3) is 0 Å². The van der Waals surface area contributed by atoms with Gasteiger partial charge in [0, 0.05) is 5.92 Å². The van der Waals surface area contributed by atoms with Crippen molar-refractivity contribution < 1.29 is 42.6 Å². The van der Waals surface area contributed by atoms with Gasteiger partial charge in [0.1, 0.15) is 11.5 Å². The standard InChI is InChI=1S/C39H55NO10/c1-22-26(49-33(46)48-22)21-47-32(45)39(7)27-10-13-38(6)30(36(27,4)12-11-28(39)50-29(42)20-40(8)9)25(41)18-23-24-19-35(3,31(43)44)15-14-34(24,2)16-17-37(23,38)5/h18,24,27-28,30H,10-17,19-21H2,1-9H3,(H,43,44)/t24-,27+,28-,30+,34+,35-,36-,37+,38+,39-/m0/s1. The third kappa shape index (κ3) is 5.26. The fraction of sp³-hybridized carbons (Fsp3) is 0.769. The third-order valence-electron chi connectivity index (χ3n) is 15.0. The van der Waals surface area contributed by atoms with Crippen molar-refractivity contribution in [2.45, 2.75) is 119 Å². The highest BCUT2D eigenvalue weighted by atomic mass is 16.6. The van der Waals surface area contributed by atoms with Crippen molar-refractivity contribution in [3.8, 4) is 0 Å². The molecule has 6 rings (SSSR count). The van der Waals surface area contributed by atoms with Crippen molar-refractivity contribution in [3.63, 3.8) is 0 Å². The Morgan fingerprint density at radius 3 is 2.24 bits per heavy atom. The fourth-order valence-electron chi connectivity index (χ4n) is 11.7. The number of ether oxygens (including phenoxy) is 2. The van der Waals surface area contributed by atoms with Crippen LogP contribution in [0.2, 0.25) is 0 Å². The SMILES string of the molecule is Cc1oc(=O)oc1COC(=O)[C@]1(C)[C@@H](OC(=O)CN(C)C)CC[C@@]2(C)[C@H]1CC[C@]1(C)[C@@H]2C(=O)C=C2[C@@H]3C[C@@](C)(C(=O)O)CC[C@]3(C)CC[C@]21C. The van der Waals surface area contributed by atoms with E-state index in [9.17, 15) is 29.1 Å². The molecular formula is C39H55NO10. The summed E-state index contributed by atoms with van der Waals surface area (Å²) in [5, 5.41) is 10.2. The second kappa shape index (κ2) is 11.9. The Morgan fingerprint density at radius 2 is 1.62 bits per heavy atom. The number of allylic oxidation sites excluding steroid dienone is 2. The molecule has 0 spiro atoms. The molecule has 0 amide bonds. The number of carbonyl (C=O) groups excluding carboxylic acids is 3. The van der Waals surface area contributed by atoms with Crippen molar-refractivity contribution in [3.05, 3.63) is 33.8 Å². The number of nitrogens with zero attached hydrogens (tertiary/aromatic N) is 1. The number of aryl methyl sites for hydroxylation is 1. The molecule has 0 bridgehead atoms. The van der Waals surface area contributed by atoms with Crippen LogP contribution in [-0.4, -0.2) is 60.4 Å². The molecule has 5 aliphatic carbocycles. The molecule has 1 aromatic rings. The molecule has 0 radical (unpaired) electrons. The van der Waals surface area contributed by atoms with E-state index in [0.29, 0.717) is 38.5 Å². The number of carboxylic acids is 1. The van der Waals surface area contributed by atoms with Crippen LogP contribution < -0.4 is 5.82 Å². The normalized spacial score (nSPS) is 42.4. The Morgan fingerprint density at radius 1 is 0.940 bits per heavy atom. The summed E-state index contributed by atoms with van der Waals surface area (Å²) in [6, 6.07) is 0. The molecular weight excluding hydrogens is 642 g/mol. The maximum atomic E-state index is 14.8. The van der Waals surface area contributed by atoms with Crippen LogP contribution in [0.4, 0.5) is 0 Å². The maximum absolute atomic E-state index is 14.8. The van der Waals surface area contributed by atoms with Crippen LogP contribution in [0.3, 0.4) is 0 Å². The monoisotopic (exact) mass is 697 g/mol. The number of hydrogen-bond acceptors (Lipinski definition) is 10. The maximum Gasteiger partial charge on any atom is 0.519 e. The summed E-state index contributed by atoms with van der Waals surface area (Å²) >= 11 is 0. The van der Waals surface area contributed by atoms with Gasteiger partial charge >= 0.3 is 23.7 Å². The summed E-state index contributed by atoms with van der Waals surface area (Å²) in [5.41, 5.74) is -2.47. The molecule has 0 aromatic carbocycles. The van der Waals surface area contributed by atoms with Crippen LogP contribution >= 0.6 is 0 Å². The topological polar surface area (TPSA) is 154 Å². The van der Waals surface area contributed by atoms with Crippen molar-refractivity contribution in [2.75, 3.05) is 20.6 Å². The first-order chi connectivity index (χ1) is 23.1. The van der Waals surface area contributed by atoms with Gasteiger partial charge in [-0.25, -0.2) is 4.79 Å². The molecule has 4 fully saturated rings. The average Bonchev–Trinajstić information content (AvgIpc) is 3.34. The second-order valence-corrected chi connectivity index (χ2v) is 18.1. The van der Waals surface area contributed by atoms with Crippen LogP contribution in [0.5, 0.6) is 0 Å². The van der Waals surface area contributed by atoms with Crippen LogP contribution in [-0.2, 0) is 35.3 Å². The number of esters is 2. The molecule has 10 atom stereocenters. The first-order valence-corrected chi connectivity index (χ1v) is 18.2. The highest BCUT2D eigenvalue weighted by molar-refractivity contribution is 5.96. The van der Waals surface area contributed by atoms with Crippen LogP contribution in [0, 0.1) is 57.2 Å². The summed E-state index contributed by atoms with van der Waals surface area (Å²) in [4.78, 5) is 68.2. The highest BCUT2D eigenvalue weighted by Crippen LogP contribution is 2.75. The minimum atomic E-state index is -1.29. The number of aliphatic carboxylic acids is 1. The number of carboxylic acid groups (broad SMARTS) is 1. The first kappa shape index (κ1) is 36.6. The number of rotatable bonds is 7. The van der Waals surface area contributed by atoms with Crippen molar-refractivity contribution in [2.24, 2.45) is 50.2 Å². The summed E-state index contributed by atoms with van der Waals surface area (Å²) in [6.45, 7) is 13.9. The Kier molecular flexibility index (Phi) is 8.72. The minimum absolute atomic E-state index is 0.00173. The van der Waals surface area contributed by atoms with E-state index in [1.807, 2.05) is 19.9 Å². The number of ketones is 1. The predicted octanol–water partition coefficient (Wildman–Crippen LogP) is 6.10. The van der Waals surface area contributed by atoms with Crippen LogP contribution in [0.1, 0.15) is 111 Å². The van der Waals surface area contributed by atoms with E-state index < -0.39 is 57.4 Å². The van der Waals surface area contributed by atoms with Crippen molar-refractivity contribution in [1.82, 2.24) is 4.90 Å². The van der Waals surface area contributed by atoms with E-state index in [1.165, 1.54) is 0 Å². The van der Waals surface area contributed by atoms with Gasteiger partial charge in [0.15, 0.2) is 23.9 Å². The van der Waals surface area contributed by atoms with Crippen LogP contribution in [0.25, 0.3) is 0 Å². The van der Waals surface area contributed by atoms with E-state index in [4.69, 9.17) is 18.3 Å². The minimum Gasteiger partial charge on any atom is -0.481 e. The Hall–Kier alpha value is -3.21. The molecule has 1 aromatic heterocycles. The van der Waals surface area contributed by atoms with Gasteiger partial charge in [-0.1, -0.05) is 33.3 Å².